The average molecular weight is 129 g/mol. The van der Waals surface area contributed by atoms with Gasteiger partial charge in [0.25, 0.3) is 0 Å². The van der Waals surface area contributed by atoms with E-state index in [0.717, 1.165) is 32.2 Å². The normalized spacial score (nSPS) is 9.56. The highest BCUT2D eigenvalue weighted by molar-refractivity contribution is 5.75. The molecule has 0 saturated carbocycles. The molecule has 0 atom stereocenters. The molecule has 0 heterocycles. The molecule has 0 aliphatic carbocycles. The van der Waals surface area contributed by atoms with Crippen molar-refractivity contribution < 1.29 is 4.79 Å². The first-order chi connectivity index (χ1) is 4.27. The number of hydrogen-bond acceptors (Lipinski definition) is 2. The van der Waals surface area contributed by atoms with E-state index in [4.69, 9.17) is 5.73 Å². The lowest BCUT2D eigenvalue weighted by atomic mass is 10.1. The van der Waals surface area contributed by atoms with E-state index in [-0.39, 0.29) is 5.78 Å². The number of ketones is 1. The van der Waals surface area contributed by atoms with Gasteiger partial charge in [0.15, 0.2) is 0 Å². The largest absolute Gasteiger partial charge is 0.330 e. The fraction of sp³-hybridized carbons (Fsp3) is 0.857. The van der Waals surface area contributed by atoms with Crippen LogP contribution in [0.15, 0.2) is 0 Å². The van der Waals surface area contributed by atoms with Crippen molar-refractivity contribution in [1.29, 1.82) is 0 Å². The van der Waals surface area contributed by atoms with Crippen LogP contribution < -0.4 is 5.73 Å². The Hall–Kier alpha value is -0.370. The zero-order valence-corrected chi connectivity index (χ0v) is 6.02. The number of hydrogen-bond donors (Lipinski definition) is 1. The lowest BCUT2D eigenvalue weighted by molar-refractivity contribution is -0.117. The van der Waals surface area contributed by atoms with Crippen molar-refractivity contribution in [3.8, 4) is 0 Å². The van der Waals surface area contributed by atoms with Crippen LogP contribution in [0.4, 0.5) is 0 Å². The fourth-order valence-corrected chi connectivity index (χ4v) is 0.695. The van der Waals surface area contributed by atoms with Gasteiger partial charge in [-0.1, -0.05) is 6.42 Å². The number of carbonyl (C=O) groups excluding carboxylic acids is 1. The summed E-state index contributed by atoms with van der Waals surface area (Å²) in [5.41, 5.74) is 5.26. The Bertz CT molecular complexity index is 81.0. The summed E-state index contributed by atoms with van der Waals surface area (Å²) in [6, 6.07) is 0. The van der Waals surface area contributed by atoms with Crippen LogP contribution in [0.2, 0.25) is 0 Å². The van der Waals surface area contributed by atoms with Crippen molar-refractivity contribution in [3.63, 3.8) is 0 Å². The van der Waals surface area contributed by atoms with Gasteiger partial charge in [-0.25, -0.2) is 0 Å². The molecule has 0 bridgehead atoms. The van der Waals surface area contributed by atoms with Gasteiger partial charge in [-0.15, -0.1) is 0 Å². The van der Waals surface area contributed by atoms with Crippen molar-refractivity contribution in [1.82, 2.24) is 0 Å². The summed E-state index contributed by atoms with van der Waals surface area (Å²) in [5.74, 6) is 0.284. The predicted molar refractivity (Wildman–Crippen MR) is 38.2 cm³/mol. The average Bonchev–Trinajstić information content (AvgIpc) is 1.80. The van der Waals surface area contributed by atoms with Gasteiger partial charge in [0.05, 0.1) is 0 Å². The molecule has 2 heteroatoms. The minimum absolute atomic E-state index is 0.284. The fourth-order valence-electron chi connectivity index (χ4n) is 0.695. The molecule has 0 unspecified atom stereocenters. The summed E-state index contributed by atoms with van der Waals surface area (Å²) >= 11 is 0. The van der Waals surface area contributed by atoms with E-state index in [1.54, 1.807) is 6.92 Å². The first-order valence-corrected chi connectivity index (χ1v) is 3.47. The Morgan fingerprint density at radius 2 is 2.00 bits per heavy atom. The Labute approximate surface area is 56.4 Å². The van der Waals surface area contributed by atoms with Crippen LogP contribution in [-0.4, -0.2) is 12.3 Å². The number of unbranched alkanes of at least 4 members (excludes halogenated alkanes) is 2. The Balaban J connectivity index is 2.83. The van der Waals surface area contributed by atoms with Gasteiger partial charge in [0.1, 0.15) is 5.78 Å². The number of Topliss-reactive ketones (excluding diaryl/α,β-unsaturated/α-hetero) is 1. The van der Waals surface area contributed by atoms with Crippen LogP contribution >= 0.6 is 0 Å². The smallest absolute Gasteiger partial charge is 0.129 e. The van der Waals surface area contributed by atoms with Crippen LogP contribution in [0.1, 0.15) is 32.6 Å². The van der Waals surface area contributed by atoms with E-state index in [1.807, 2.05) is 0 Å². The second-order valence-electron chi connectivity index (χ2n) is 2.30. The van der Waals surface area contributed by atoms with E-state index in [0.29, 0.717) is 0 Å². The highest BCUT2D eigenvalue weighted by Crippen LogP contribution is 1.98. The van der Waals surface area contributed by atoms with Crippen LogP contribution in [-0.2, 0) is 4.79 Å². The van der Waals surface area contributed by atoms with Crippen molar-refractivity contribution in [2.24, 2.45) is 5.73 Å². The van der Waals surface area contributed by atoms with Crippen LogP contribution in [0.3, 0.4) is 0 Å². The minimum atomic E-state index is 0.284. The van der Waals surface area contributed by atoms with E-state index in [2.05, 4.69) is 0 Å². The van der Waals surface area contributed by atoms with E-state index >= 15 is 0 Å². The van der Waals surface area contributed by atoms with Crippen LogP contribution in [0.5, 0.6) is 0 Å². The van der Waals surface area contributed by atoms with Crippen molar-refractivity contribution in [3.05, 3.63) is 0 Å². The summed E-state index contributed by atoms with van der Waals surface area (Å²) in [7, 11) is 0. The van der Waals surface area contributed by atoms with Crippen molar-refractivity contribution >= 4 is 5.78 Å². The molecule has 9 heavy (non-hydrogen) atoms. The molecule has 2 nitrogen and oxygen atoms in total. The lowest BCUT2D eigenvalue weighted by Gasteiger charge is -1.93. The number of rotatable bonds is 5. The van der Waals surface area contributed by atoms with Gasteiger partial charge in [-0.05, 0) is 26.3 Å². The summed E-state index contributed by atoms with van der Waals surface area (Å²) in [4.78, 5) is 10.4. The zero-order valence-electron chi connectivity index (χ0n) is 6.02. The molecule has 0 aromatic heterocycles. The molecule has 54 valence electrons. The predicted octanol–water partition coefficient (Wildman–Crippen LogP) is 1.09. The number of carbonyl (C=O) groups is 1. The topological polar surface area (TPSA) is 43.1 Å². The Kier molecular flexibility index (Phi) is 5.52. The molecule has 0 aromatic rings. The third kappa shape index (κ3) is 7.63. The Morgan fingerprint density at radius 3 is 2.44 bits per heavy atom. The molecular formula is C7H15NO. The van der Waals surface area contributed by atoms with Crippen LogP contribution in [0, 0.1) is 0 Å². The monoisotopic (exact) mass is 129 g/mol. The molecule has 0 aliphatic rings. The van der Waals surface area contributed by atoms with Gasteiger partial charge < -0.3 is 10.5 Å². The van der Waals surface area contributed by atoms with E-state index in [9.17, 15) is 4.79 Å². The first kappa shape index (κ1) is 8.63. The highest BCUT2D eigenvalue weighted by Gasteiger charge is 1.91. The maximum Gasteiger partial charge on any atom is 0.129 e. The van der Waals surface area contributed by atoms with Crippen molar-refractivity contribution in [2.45, 2.75) is 32.6 Å². The lowest BCUT2D eigenvalue weighted by Crippen LogP contribution is -1.98. The SMILES string of the molecule is CC(=O)CCCCCN. The third-order valence-electron chi connectivity index (χ3n) is 1.23. The molecule has 0 aromatic carbocycles. The molecule has 0 radical (unpaired) electrons. The molecule has 0 spiro atoms. The second-order valence-corrected chi connectivity index (χ2v) is 2.30. The molecule has 0 fully saturated rings. The molecule has 0 saturated heterocycles. The highest BCUT2D eigenvalue weighted by atomic mass is 16.1. The van der Waals surface area contributed by atoms with E-state index in [1.165, 1.54) is 0 Å². The third-order valence-corrected chi connectivity index (χ3v) is 1.23. The second kappa shape index (κ2) is 5.76. The quantitative estimate of drug-likeness (QED) is 0.565. The molecule has 0 rings (SSSR count). The van der Waals surface area contributed by atoms with Gasteiger partial charge >= 0.3 is 0 Å². The maximum absolute atomic E-state index is 10.4. The zero-order chi connectivity index (χ0) is 7.11. The van der Waals surface area contributed by atoms with Gasteiger partial charge in [-0.3, -0.25) is 0 Å². The minimum Gasteiger partial charge on any atom is -0.330 e. The molecular weight excluding hydrogens is 114 g/mol. The van der Waals surface area contributed by atoms with Crippen LogP contribution in [0.25, 0.3) is 0 Å². The molecule has 0 amide bonds. The summed E-state index contributed by atoms with van der Waals surface area (Å²) in [5, 5.41) is 0. The molecule has 0 aliphatic heterocycles. The summed E-state index contributed by atoms with van der Waals surface area (Å²) in [6.07, 6.45) is 3.87. The summed E-state index contributed by atoms with van der Waals surface area (Å²) in [6.45, 7) is 2.38. The van der Waals surface area contributed by atoms with Gasteiger partial charge in [0.2, 0.25) is 0 Å². The Morgan fingerprint density at radius 1 is 1.33 bits per heavy atom. The standard InChI is InChI=1S/C7H15NO/c1-7(9)5-3-2-4-6-8/h2-6,8H2,1H3. The molecule has 2 N–H and O–H groups in total. The number of nitrogens with two attached hydrogens (primary N) is 1. The first-order valence-electron chi connectivity index (χ1n) is 3.47. The van der Waals surface area contributed by atoms with Gasteiger partial charge in [0, 0.05) is 6.42 Å². The van der Waals surface area contributed by atoms with Gasteiger partial charge in [-0.2, -0.15) is 0 Å². The summed E-state index contributed by atoms with van der Waals surface area (Å²) < 4.78 is 0. The maximum atomic E-state index is 10.4. The van der Waals surface area contributed by atoms with E-state index < -0.39 is 0 Å². The van der Waals surface area contributed by atoms with Crippen molar-refractivity contribution in [2.75, 3.05) is 6.54 Å².